The molecule has 1 aliphatic rings. The predicted octanol–water partition coefficient (Wildman–Crippen LogP) is 2.71. The van der Waals surface area contributed by atoms with Crippen LogP contribution >= 0.6 is 0 Å². The topological polar surface area (TPSA) is 89.5 Å². The lowest BCUT2D eigenvalue weighted by molar-refractivity contribution is 0.240. The molecule has 0 atom stereocenters. The summed E-state index contributed by atoms with van der Waals surface area (Å²) in [4.78, 5) is 22.3. The Morgan fingerprint density at radius 3 is 2.52 bits per heavy atom. The number of phenols is 2. The van der Waals surface area contributed by atoms with Crippen LogP contribution < -0.4 is 5.56 Å². The first kappa shape index (κ1) is 17.3. The fraction of sp³-hybridized carbons (Fsp3) is 0.238. The van der Waals surface area contributed by atoms with Crippen molar-refractivity contribution in [2.24, 2.45) is 0 Å². The predicted molar refractivity (Wildman–Crippen MR) is 103 cm³/mol. The minimum Gasteiger partial charge on any atom is -0.508 e. The van der Waals surface area contributed by atoms with Gasteiger partial charge in [-0.1, -0.05) is 29.8 Å². The molecule has 1 aliphatic heterocycles. The van der Waals surface area contributed by atoms with E-state index in [1.54, 1.807) is 12.1 Å². The number of aryl methyl sites for hydroxylation is 1. The first-order valence-electron chi connectivity index (χ1n) is 8.91. The van der Waals surface area contributed by atoms with Crippen molar-refractivity contribution in [2.45, 2.75) is 26.4 Å². The van der Waals surface area contributed by atoms with Gasteiger partial charge in [-0.15, -0.1) is 0 Å². The van der Waals surface area contributed by atoms with E-state index in [1.807, 2.05) is 31.2 Å². The number of hydrogen-bond donors (Lipinski definition) is 3. The van der Waals surface area contributed by atoms with E-state index in [0.29, 0.717) is 25.3 Å². The summed E-state index contributed by atoms with van der Waals surface area (Å²) in [5, 5.41) is 19.3. The molecule has 0 radical (unpaired) electrons. The lowest BCUT2D eigenvalue weighted by Gasteiger charge is -2.27. The monoisotopic (exact) mass is 363 g/mol. The van der Waals surface area contributed by atoms with E-state index in [2.05, 4.69) is 9.88 Å². The summed E-state index contributed by atoms with van der Waals surface area (Å²) in [6.07, 6.45) is 0.622. The molecule has 0 saturated carbocycles. The van der Waals surface area contributed by atoms with Gasteiger partial charge >= 0.3 is 0 Å². The second-order valence-corrected chi connectivity index (χ2v) is 7.02. The van der Waals surface area contributed by atoms with Crippen molar-refractivity contribution in [1.29, 1.82) is 0 Å². The number of rotatable bonds is 3. The van der Waals surface area contributed by atoms with E-state index in [4.69, 9.17) is 4.98 Å². The van der Waals surface area contributed by atoms with E-state index in [9.17, 15) is 15.0 Å². The zero-order chi connectivity index (χ0) is 19.0. The molecule has 6 heteroatoms. The van der Waals surface area contributed by atoms with Crippen molar-refractivity contribution in [3.05, 3.63) is 75.2 Å². The SMILES string of the molecule is Cc1ccc(-c2nc3c(c(=O)[nH]2)CCN(Cc2cc(O)cc(O)c2)C3)cc1. The molecule has 0 unspecified atom stereocenters. The number of aromatic nitrogens is 2. The van der Waals surface area contributed by atoms with Crippen LogP contribution in [0.2, 0.25) is 0 Å². The Morgan fingerprint density at radius 1 is 1.11 bits per heavy atom. The van der Waals surface area contributed by atoms with Gasteiger partial charge in [0.15, 0.2) is 0 Å². The zero-order valence-corrected chi connectivity index (χ0v) is 15.1. The van der Waals surface area contributed by atoms with Gasteiger partial charge in [-0.3, -0.25) is 9.69 Å². The van der Waals surface area contributed by atoms with Crippen molar-refractivity contribution >= 4 is 0 Å². The molecular formula is C21H21N3O3. The molecule has 1 aromatic heterocycles. The Labute approximate surface area is 156 Å². The summed E-state index contributed by atoms with van der Waals surface area (Å²) in [6.45, 7) is 3.85. The minimum atomic E-state index is -0.0785. The van der Waals surface area contributed by atoms with Crippen LogP contribution in [0, 0.1) is 6.92 Å². The van der Waals surface area contributed by atoms with E-state index < -0.39 is 0 Å². The number of H-pyrrole nitrogens is 1. The van der Waals surface area contributed by atoms with Crippen LogP contribution in [0.5, 0.6) is 11.5 Å². The highest BCUT2D eigenvalue weighted by Crippen LogP contribution is 2.24. The van der Waals surface area contributed by atoms with Gasteiger partial charge in [0.1, 0.15) is 17.3 Å². The van der Waals surface area contributed by atoms with Crippen molar-refractivity contribution in [3.63, 3.8) is 0 Å². The lowest BCUT2D eigenvalue weighted by atomic mass is 10.0. The highest BCUT2D eigenvalue weighted by atomic mass is 16.3. The first-order valence-corrected chi connectivity index (χ1v) is 8.91. The standard InChI is InChI=1S/C21H21N3O3/c1-13-2-4-15(5-3-13)20-22-19-12-24(7-6-18(19)21(27)23-20)11-14-8-16(25)10-17(26)9-14/h2-5,8-10,25-26H,6-7,11-12H2,1H3,(H,22,23,27). The number of nitrogens with zero attached hydrogens (tertiary/aromatic N) is 2. The van der Waals surface area contributed by atoms with Crippen molar-refractivity contribution in [1.82, 2.24) is 14.9 Å². The molecular weight excluding hydrogens is 342 g/mol. The maximum Gasteiger partial charge on any atom is 0.254 e. The maximum absolute atomic E-state index is 12.5. The molecule has 0 aliphatic carbocycles. The highest BCUT2D eigenvalue weighted by molar-refractivity contribution is 5.55. The Balaban J connectivity index is 1.61. The van der Waals surface area contributed by atoms with Gasteiger partial charge in [0.05, 0.1) is 5.69 Å². The quantitative estimate of drug-likeness (QED) is 0.666. The maximum atomic E-state index is 12.5. The Morgan fingerprint density at radius 2 is 1.81 bits per heavy atom. The van der Waals surface area contributed by atoms with Crippen molar-refractivity contribution in [3.8, 4) is 22.9 Å². The average Bonchev–Trinajstić information content (AvgIpc) is 2.61. The fourth-order valence-electron chi connectivity index (χ4n) is 3.48. The third-order valence-corrected chi connectivity index (χ3v) is 4.85. The second kappa shape index (κ2) is 6.89. The number of nitrogens with one attached hydrogen (secondary N) is 1. The normalized spacial score (nSPS) is 14.1. The van der Waals surface area contributed by atoms with Gasteiger partial charge in [0, 0.05) is 36.8 Å². The van der Waals surface area contributed by atoms with Crippen LogP contribution in [0.3, 0.4) is 0 Å². The number of aromatic hydroxyl groups is 2. The third-order valence-electron chi connectivity index (χ3n) is 4.85. The third kappa shape index (κ3) is 3.71. The molecule has 6 nitrogen and oxygen atoms in total. The molecule has 2 aromatic carbocycles. The number of hydrogen-bond acceptors (Lipinski definition) is 5. The number of benzene rings is 2. The Kier molecular flexibility index (Phi) is 4.41. The molecule has 0 bridgehead atoms. The minimum absolute atomic E-state index is 0.0404. The van der Waals surface area contributed by atoms with Crippen LogP contribution in [-0.2, 0) is 19.5 Å². The highest BCUT2D eigenvalue weighted by Gasteiger charge is 2.21. The molecule has 138 valence electrons. The van der Waals surface area contributed by atoms with Gasteiger partial charge in [-0.2, -0.15) is 0 Å². The number of phenolic OH excluding ortho intramolecular Hbond substituents is 2. The zero-order valence-electron chi connectivity index (χ0n) is 15.1. The van der Waals surface area contributed by atoms with Crippen LogP contribution in [-0.4, -0.2) is 31.6 Å². The van der Waals surface area contributed by atoms with Gasteiger partial charge < -0.3 is 15.2 Å². The fourth-order valence-corrected chi connectivity index (χ4v) is 3.48. The van der Waals surface area contributed by atoms with Crippen LogP contribution in [0.25, 0.3) is 11.4 Å². The molecule has 3 aromatic rings. The van der Waals surface area contributed by atoms with E-state index in [-0.39, 0.29) is 17.1 Å². The van der Waals surface area contributed by atoms with Gasteiger partial charge in [0.2, 0.25) is 0 Å². The smallest absolute Gasteiger partial charge is 0.254 e. The number of aromatic amines is 1. The van der Waals surface area contributed by atoms with Crippen molar-refractivity contribution in [2.75, 3.05) is 6.54 Å². The van der Waals surface area contributed by atoms with Gasteiger partial charge in [-0.05, 0) is 31.0 Å². The Hall–Kier alpha value is -3.12. The van der Waals surface area contributed by atoms with Crippen LogP contribution in [0.15, 0.2) is 47.3 Å². The molecule has 0 amide bonds. The average molecular weight is 363 g/mol. The van der Waals surface area contributed by atoms with E-state index in [1.165, 1.54) is 6.07 Å². The summed E-state index contributed by atoms with van der Waals surface area (Å²) < 4.78 is 0. The summed E-state index contributed by atoms with van der Waals surface area (Å²) >= 11 is 0. The van der Waals surface area contributed by atoms with E-state index >= 15 is 0 Å². The summed E-state index contributed by atoms with van der Waals surface area (Å²) in [6, 6.07) is 12.5. The Bertz CT molecular complexity index is 1020. The lowest BCUT2D eigenvalue weighted by Crippen LogP contribution is -2.35. The molecule has 3 N–H and O–H groups in total. The van der Waals surface area contributed by atoms with Crippen LogP contribution in [0.4, 0.5) is 0 Å². The van der Waals surface area contributed by atoms with E-state index in [0.717, 1.165) is 34.5 Å². The van der Waals surface area contributed by atoms with Gasteiger partial charge in [0.25, 0.3) is 5.56 Å². The first-order chi connectivity index (χ1) is 13.0. The summed E-state index contributed by atoms with van der Waals surface area (Å²) in [5.74, 6) is 0.660. The molecule has 0 fully saturated rings. The second-order valence-electron chi connectivity index (χ2n) is 7.02. The number of fused-ring (bicyclic) bond motifs is 1. The summed E-state index contributed by atoms with van der Waals surface area (Å²) in [5.41, 5.74) is 4.30. The molecule has 27 heavy (non-hydrogen) atoms. The molecule has 4 rings (SSSR count). The van der Waals surface area contributed by atoms with Crippen LogP contribution in [0.1, 0.15) is 22.4 Å². The molecule has 0 spiro atoms. The van der Waals surface area contributed by atoms with Crippen molar-refractivity contribution < 1.29 is 10.2 Å². The molecule has 0 saturated heterocycles. The largest absolute Gasteiger partial charge is 0.508 e. The summed E-state index contributed by atoms with van der Waals surface area (Å²) in [7, 11) is 0. The van der Waals surface area contributed by atoms with Gasteiger partial charge in [-0.25, -0.2) is 4.98 Å². The molecule has 2 heterocycles.